The molecule has 20 heavy (non-hydrogen) atoms. The number of aryl methyl sites for hydroxylation is 1. The summed E-state index contributed by atoms with van der Waals surface area (Å²) in [6.45, 7) is 2.13. The lowest BCUT2D eigenvalue weighted by molar-refractivity contribution is -0.120. The van der Waals surface area contributed by atoms with Gasteiger partial charge in [-0.15, -0.1) is 0 Å². The zero-order chi connectivity index (χ0) is 14.4. The molecule has 1 heterocycles. The fourth-order valence-electron chi connectivity index (χ4n) is 1.98. The fraction of sp³-hybridized carbons (Fsp3) is 0.333. The van der Waals surface area contributed by atoms with Crippen LogP contribution in [-0.2, 0) is 17.6 Å². The SMILES string of the molecule is Cc1cc(CC(=O)NCC(O)Cc2ccccc2)n[nH]1. The van der Waals surface area contributed by atoms with Crippen LogP contribution in [0.3, 0.4) is 0 Å². The fourth-order valence-corrected chi connectivity index (χ4v) is 1.98. The zero-order valence-electron chi connectivity index (χ0n) is 11.5. The van der Waals surface area contributed by atoms with Gasteiger partial charge in [0.1, 0.15) is 0 Å². The minimum Gasteiger partial charge on any atom is -0.391 e. The van der Waals surface area contributed by atoms with E-state index in [2.05, 4.69) is 15.5 Å². The van der Waals surface area contributed by atoms with E-state index in [1.165, 1.54) is 0 Å². The topological polar surface area (TPSA) is 78.0 Å². The van der Waals surface area contributed by atoms with E-state index in [4.69, 9.17) is 0 Å². The molecule has 1 unspecified atom stereocenters. The van der Waals surface area contributed by atoms with Crippen LogP contribution in [0.25, 0.3) is 0 Å². The number of nitrogens with zero attached hydrogens (tertiary/aromatic N) is 1. The van der Waals surface area contributed by atoms with Crippen LogP contribution in [0.4, 0.5) is 0 Å². The largest absolute Gasteiger partial charge is 0.391 e. The number of aliphatic hydroxyl groups is 1. The number of amides is 1. The number of aromatic nitrogens is 2. The molecule has 0 spiro atoms. The first kappa shape index (κ1) is 14.3. The highest BCUT2D eigenvalue weighted by Crippen LogP contribution is 2.03. The van der Waals surface area contributed by atoms with Gasteiger partial charge in [-0.2, -0.15) is 5.10 Å². The lowest BCUT2D eigenvalue weighted by atomic mass is 10.1. The molecule has 2 rings (SSSR count). The van der Waals surface area contributed by atoms with Crippen molar-refractivity contribution in [3.63, 3.8) is 0 Å². The molecule has 2 aromatic rings. The summed E-state index contributed by atoms with van der Waals surface area (Å²) >= 11 is 0. The third kappa shape index (κ3) is 4.51. The summed E-state index contributed by atoms with van der Waals surface area (Å²) < 4.78 is 0. The minimum atomic E-state index is -0.581. The number of carbonyl (C=O) groups excluding carboxylic acids is 1. The van der Waals surface area contributed by atoms with E-state index in [0.717, 1.165) is 11.3 Å². The van der Waals surface area contributed by atoms with Gasteiger partial charge < -0.3 is 10.4 Å². The maximum absolute atomic E-state index is 11.7. The second kappa shape index (κ2) is 6.86. The highest BCUT2D eigenvalue weighted by Gasteiger charge is 2.09. The molecule has 0 aliphatic carbocycles. The molecule has 0 bridgehead atoms. The minimum absolute atomic E-state index is 0.136. The van der Waals surface area contributed by atoms with Crippen LogP contribution >= 0.6 is 0 Å². The number of aliphatic hydroxyl groups excluding tert-OH is 1. The summed E-state index contributed by atoms with van der Waals surface area (Å²) in [6.07, 6.45) is 0.174. The van der Waals surface area contributed by atoms with E-state index in [1.54, 1.807) is 0 Å². The van der Waals surface area contributed by atoms with Crippen LogP contribution in [0.1, 0.15) is 17.0 Å². The Morgan fingerprint density at radius 3 is 2.80 bits per heavy atom. The second-order valence-electron chi connectivity index (χ2n) is 4.87. The van der Waals surface area contributed by atoms with Gasteiger partial charge in [0, 0.05) is 18.7 Å². The van der Waals surface area contributed by atoms with Gasteiger partial charge in [0.25, 0.3) is 0 Å². The van der Waals surface area contributed by atoms with Gasteiger partial charge in [-0.1, -0.05) is 30.3 Å². The first-order valence-electron chi connectivity index (χ1n) is 6.63. The van der Waals surface area contributed by atoms with Crippen LogP contribution in [-0.4, -0.2) is 33.9 Å². The molecular weight excluding hydrogens is 254 g/mol. The standard InChI is InChI=1S/C15H19N3O2/c1-11-7-13(18-17-11)9-15(20)16-10-14(19)8-12-5-3-2-4-6-12/h2-7,14,19H,8-10H2,1H3,(H,16,20)(H,17,18). The Morgan fingerprint density at radius 1 is 1.40 bits per heavy atom. The molecule has 1 amide bonds. The highest BCUT2D eigenvalue weighted by molar-refractivity contribution is 5.78. The zero-order valence-corrected chi connectivity index (χ0v) is 11.5. The second-order valence-corrected chi connectivity index (χ2v) is 4.87. The normalized spacial score (nSPS) is 12.1. The van der Waals surface area contributed by atoms with Crippen molar-refractivity contribution in [2.24, 2.45) is 0 Å². The molecule has 1 aromatic heterocycles. The number of carbonyl (C=O) groups is 1. The van der Waals surface area contributed by atoms with Gasteiger partial charge in [-0.25, -0.2) is 0 Å². The number of benzene rings is 1. The van der Waals surface area contributed by atoms with Crippen molar-refractivity contribution in [2.75, 3.05) is 6.54 Å². The smallest absolute Gasteiger partial charge is 0.226 e. The summed E-state index contributed by atoms with van der Waals surface area (Å²) in [5.41, 5.74) is 2.69. The molecule has 5 nitrogen and oxygen atoms in total. The molecule has 106 valence electrons. The van der Waals surface area contributed by atoms with Crippen molar-refractivity contribution < 1.29 is 9.90 Å². The third-order valence-electron chi connectivity index (χ3n) is 2.95. The van der Waals surface area contributed by atoms with Gasteiger partial charge >= 0.3 is 0 Å². The Bertz CT molecular complexity index is 551. The lowest BCUT2D eigenvalue weighted by Gasteiger charge is -2.11. The van der Waals surface area contributed by atoms with Crippen molar-refractivity contribution in [2.45, 2.75) is 25.9 Å². The molecule has 0 saturated carbocycles. The maximum Gasteiger partial charge on any atom is 0.226 e. The molecule has 3 N–H and O–H groups in total. The Kier molecular flexibility index (Phi) is 4.90. The molecular formula is C15H19N3O2. The van der Waals surface area contributed by atoms with E-state index < -0.39 is 6.10 Å². The number of rotatable bonds is 6. The van der Waals surface area contributed by atoms with E-state index in [-0.39, 0.29) is 18.9 Å². The summed E-state index contributed by atoms with van der Waals surface area (Å²) in [4.78, 5) is 11.7. The molecule has 5 heteroatoms. The van der Waals surface area contributed by atoms with E-state index in [0.29, 0.717) is 12.1 Å². The molecule has 0 aliphatic rings. The maximum atomic E-state index is 11.7. The molecule has 1 aromatic carbocycles. The Hall–Kier alpha value is -2.14. The summed E-state index contributed by atoms with van der Waals surface area (Å²) in [6, 6.07) is 11.5. The predicted octanol–water partition coefficient (Wildman–Crippen LogP) is 0.980. The Balaban J connectivity index is 1.73. The van der Waals surface area contributed by atoms with Crippen molar-refractivity contribution in [3.8, 4) is 0 Å². The van der Waals surface area contributed by atoms with Crippen molar-refractivity contribution >= 4 is 5.91 Å². The predicted molar refractivity (Wildman–Crippen MR) is 76.2 cm³/mol. The first-order chi connectivity index (χ1) is 9.63. The van der Waals surface area contributed by atoms with Crippen molar-refractivity contribution in [1.82, 2.24) is 15.5 Å². The molecule has 0 fully saturated rings. The van der Waals surface area contributed by atoms with Gasteiger partial charge in [0.2, 0.25) is 5.91 Å². The van der Waals surface area contributed by atoms with Gasteiger partial charge in [-0.3, -0.25) is 9.89 Å². The summed E-state index contributed by atoms with van der Waals surface area (Å²) in [7, 11) is 0. The van der Waals surface area contributed by atoms with Crippen LogP contribution < -0.4 is 5.32 Å². The number of aromatic amines is 1. The number of nitrogens with one attached hydrogen (secondary N) is 2. The Labute approximate surface area is 118 Å². The average molecular weight is 273 g/mol. The van der Waals surface area contributed by atoms with Crippen molar-refractivity contribution in [3.05, 3.63) is 53.3 Å². The first-order valence-corrected chi connectivity index (χ1v) is 6.63. The molecule has 0 aliphatic heterocycles. The molecule has 0 radical (unpaired) electrons. The van der Waals surface area contributed by atoms with Crippen molar-refractivity contribution in [1.29, 1.82) is 0 Å². The van der Waals surface area contributed by atoms with E-state index >= 15 is 0 Å². The molecule has 1 atom stereocenters. The number of H-pyrrole nitrogens is 1. The Morgan fingerprint density at radius 2 is 2.15 bits per heavy atom. The van der Waals surface area contributed by atoms with Crippen LogP contribution in [0.15, 0.2) is 36.4 Å². The average Bonchev–Trinajstić information content (AvgIpc) is 2.83. The van der Waals surface area contributed by atoms with Gasteiger partial charge in [0.15, 0.2) is 0 Å². The third-order valence-corrected chi connectivity index (χ3v) is 2.95. The number of hydrogen-bond donors (Lipinski definition) is 3. The van der Waals surface area contributed by atoms with E-state index in [1.807, 2.05) is 43.3 Å². The van der Waals surface area contributed by atoms with Gasteiger partial charge in [-0.05, 0) is 18.6 Å². The summed E-state index contributed by atoms with van der Waals surface area (Å²) in [5, 5.41) is 19.4. The van der Waals surface area contributed by atoms with Crippen LogP contribution in [0, 0.1) is 6.92 Å². The lowest BCUT2D eigenvalue weighted by Crippen LogP contribution is -2.34. The van der Waals surface area contributed by atoms with Crippen LogP contribution in [0.2, 0.25) is 0 Å². The highest BCUT2D eigenvalue weighted by atomic mass is 16.3. The van der Waals surface area contributed by atoms with E-state index in [9.17, 15) is 9.90 Å². The van der Waals surface area contributed by atoms with Crippen LogP contribution in [0.5, 0.6) is 0 Å². The quantitative estimate of drug-likeness (QED) is 0.734. The molecule has 0 saturated heterocycles. The van der Waals surface area contributed by atoms with Gasteiger partial charge in [0.05, 0.1) is 18.2 Å². The monoisotopic (exact) mass is 273 g/mol. The number of hydrogen-bond acceptors (Lipinski definition) is 3. The summed E-state index contributed by atoms with van der Waals surface area (Å²) in [5.74, 6) is -0.136.